The third-order valence-corrected chi connectivity index (χ3v) is 2.41. The molecule has 1 aromatic rings. The minimum absolute atomic E-state index is 0.245. The Morgan fingerprint density at radius 2 is 2.24 bits per heavy atom. The van der Waals surface area contributed by atoms with Crippen molar-refractivity contribution in [3.05, 3.63) is 23.5 Å². The summed E-state index contributed by atoms with van der Waals surface area (Å²) in [6.45, 7) is 0.709. The molecule has 2 rings (SSSR count). The molecule has 0 spiro atoms. The molecule has 1 aliphatic rings. The van der Waals surface area contributed by atoms with Gasteiger partial charge in [-0.15, -0.1) is 4.58 Å². The molecule has 1 aliphatic heterocycles. The van der Waals surface area contributed by atoms with Crippen LogP contribution in [0.3, 0.4) is 0 Å². The van der Waals surface area contributed by atoms with Crippen molar-refractivity contribution >= 4 is 17.6 Å². The van der Waals surface area contributed by atoms with Crippen molar-refractivity contribution < 1.29 is 17.7 Å². The second-order valence-electron chi connectivity index (χ2n) is 3.93. The molecule has 0 saturated carbocycles. The van der Waals surface area contributed by atoms with E-state index in [-0.39, 0.29) is 6.04 Å². The van der Waals surface area contributed by atoms with Crippen LogP contribution in [0.5, 0.6) is 0 Å². The first kappa shape index (κ1) is 11.8. The Balaban J connectivity index is 2.30. The number of hydrogen-bond acceptors (Lipinski definition) is 2. The lowest BCUT2D eigenvalue weighted by Gasteiger charge is -2.06. The van der Waals surface area contributed by atoms with Crippen LogP contribution in [0.2, 0.25) is 0 Å². The van der Waals surface area contributed by atoms with E-state index in [0.29, 0.717) is 16.9 Å². The van der Waals surface area contributed by atoms with Gasteiger partial charge in [-0.05, 0) is 13.0 Å². The highest BCUT2D eigenvalue weighted by atomic mass is 19.4. The molecule has 0 unspecified atom stereocenters. The Morgan fingerprint density at radius 3 is 2.82 bits per heavy atom. The summed E-state index contributed by atoms with van der Waals surface area (Å²) < 4.78 is 37.8. The van der Waals surface area contributed by atoms with E-state index < -0.39 is 12.7 Å². The Labute approximate surface area is 96.1 Å². The molecule has 0 fully saturated rings. The van der Waals surface area contributed by atoms with Gasteiger partial charge < -0.3 is 5.73 Å². The summed E-state index contributed by atoms with van der Waals surface area (Å²) in [5.41, 5.74) is 7.38. The monoisotopic (exact) mass is 242 g/mol. The van der Waals surface area contributed by atoms with Gasteiger partial charge in [0.05, 0.1) is 17.3 Å². The zero-order valence-electron chi connectivity index (χ0n) is 9.12. The van der Waals surface area contributed by atoms with Gasteiger partial charge in [0.2, 0.25) is 5.69 Å². The van der Waals surface area contributed by atoms with Crippen molar-refractivity contribution in [1.29, 1.82) is 0 Å². The number of hydrogen-bond donors (Lipinski definition) is 1. The number of halogens is 3. The molecule has 0 aliphatic carbocycles. The Kier molecular flexibility index (Phi) is 2.77. The molecule has 1 aromatic heterocycles. The summed E-state index contributed by atoms with van der Waals surface area (Å²) in [5, 5.41) is 0. The Bertz CT molecular complexity index is 511. The van der Waals surface area contributed by atoms with Gasteiger partial charge >= 0.3 is 6.18 Å². The lowest BCUT2D eigenvalue weighted by atomic mass is 10.1. The summed E-state index contributed by atoms with van der Waals surface area (Å²) in [6, 6.07) is 1.44. The van der Waals surface area contributed by atoms with Crippen molar-refractivity contribution in [2.75, 3.05) is 6.54 Å². The number of aromatic nitrogens is 1. The predicted molar refractivity (Wildman–Crippen MR) is 57.2 cm³/mol. The zero-order valence-corrected chi connectivity index (χ0v) is 9.12. The third kappa shape index (κ3) is 2.54. The highest BCUT2D eigenvalue weighted by Crippen LogP contribution is 2.27. The van der Waals surface area contributed by atoms with Gasteiger partial charge in [-0.1, -0.05) is 0 Å². The molecule has 0 amide bonds. The van der Waals surface area contributed by atoms with Gasteiger partial charge in [0.15, 0.2) is 5.87 Å². The standard InChI is InChI=1S/C11H11F3N3/c1-7(15)9-4-8-2-3-17(6-11(12,13)14)10(8)5-16-9/h2,4-5,7H,6,15H2,1H3/q+1/t7-/m1/s1. The fraction of sp³-hybridized carbons (Fsp3) is 0.364. The quantitative estimate of drug-likeness (QED) is 0.806. The first-order valence-electron chi connectivity index (χ1n) is 5.06. The Hall–Kier alpha value is -1.65. The van der Waals surface area contributed by atoms with Crippen LogP contribution in [-0.2, 0) is 0 Å². The van der Waals surface area contributed by atoms with E-state index in [1.54, 1.807) is 13.0 Å². The van der Waals surface area contributed by atoms with E-state index in [1.165, 1.54) is 12.3 Å². The van der Waals surface area contributed by atoms with Crippen LogP contribution in [0.1, 0.15) is 24.2 Å². The third-order valence-electron chi connectivity index (χ3n) is 2.41. The molecule has 2 N–H and O–H groups in total. The van der Waals surface area contributed by atoms with Crippen molar-refractivity contribution in [2.45, 2.75) is 19.1 Å². The molecule has 17 heavy (non-hydrogen) atoms. The number of rotatable bonds is 2. The highest BCUT2D eigenvalue weighted by molar-refractivity contribution is 5.83. The predicted octanol–water partition coefficient (Wildman–Crippen LogP) is 2.00. The maximum Gasteiger partial charge on any atom is 0.449 e. The summed E-state index contributed by atoms with van der Waals surface area (Å²) in [7, 11) is 0. The van der Waals surface area contributed by atoms with Crippen LogP contribution in [-0.4, -0.2) is 28.2 Å². The number of nitrogens with two attached hydrogens (primary N) is 1. The number of nitrogens with zero attached hydrogens (tertiary/aromatic N) is 2. The van der Waals surface area contributed by atoms with Crippen molar-refractivity contribution in [3.8, 4) is 0 Å². The van der Waals surface area contributed by atoms with Gasteiger partial charge in [0.1, 0.15) is 6.20 Å². The minimum Gasteiger partial charge on any atom is -0.323 e. The van der Waals surface area contributed by atoms with Crippen LogP contribution in [0.15, 0.2) is 12.3 Å². The van der Waals surface area contributed by atoms with E-state index in [0.717, 1.165) is 4.58 Å². The summed E-state index contributed by atoms with van der Waals surface area (Å²) in [6.07, 6.45) is -1.35. The molecule has 3 nitrogen and oxygen atoms in total. The van der Waals surface area contributed by atoms with E-state index in [4.69, 9.17) is 5.73 Å². The number of alkyl halides is 3. The molecule has 0 radical (unpaired) electrons. The molecular weight excluding hydrogens is 231 g/mol. The zero-order chi connectivity index (χ0) is 12.6. The first-order valence-corrected chi connectivity index (χ1v) is 5.06. The fourth-order valence-electron chi connectivity index (χ4n) is 1.60. The molecular formula is C11H11F3N3+. The minimum atomic E-state index is -4.26. The second kappa shape index (κ2) is 3.98. The van der Waals surface area contributed by atoms with Gasteiger partial charge in [-0.3, -0.25) is 4.98 Å². The van der Waals surface area contributed by atoms with E-state index in [2.05, 4.69) is 10.9 Å². The molecule has 6 heteroatoms. The molecule has 1 atom stereocenters. The average Bonchev–Trinajstić information content (AvgIpc) is 2.58. The SMILES string of the molecule is C[C@@H](N)c1cc2c(cn1)[N+](CC(F)(F)F)=C=C2. The molecule has 2 heterocycles. The van der Waals surface area contributed by atoms with Gasteiger partial charge in [-0.2, -0.15) is 13.2 Å². The largest absolute Gasteiger partial charge is 0.449 e. The Morgan fingerprint density at radius 1 is 1.53 bits per heavy atom. The van der Waals surface area contributed by atoms with Gasteiger partial charge in [-0.25, -0.2) is 0 Å². The lowest BCUT2D eigenvalue weighted by Crippen LogP contribution is -2.22. The second-order valence-corrected chi connectivity index (χ2v) is 3.93. The number of fused-ring (bicyclic) bond motifs is 1. The normalized spacial score (nSPS) is 15.7. The molecule has 90 valence electrons. The van der Waals surface area contributed by atoms with Crippen LogP contribution in [0, 0.1) is 0 Å². The summed E-state index contributed by atoms with van der Waals surface area (Å²) in [5.74, 6) is 2.55. The van der Waals surface area contributed by atoms with Crippen LogP contribution in [0.4, 0.5) is 18.9 Å². The molecule has 0 bridgehead atoms. The lowest BCUT2D eigenvalue weighted by molar-refractivity contribution is -0.475. The maximum absolute atomic E-state index is 12.3. The average molecular weight is 242 g/mol. The fourth-order valence-corrected chi connectivity index (χ4v) is 1.60. The topological polar surface area (TPSA) is 41.9 Å². The van der Waals surface area contributed by atoms with Crippen molar-refractivity contribution in [2.24, 2.45) is 5.73 Å². The number of pyridine rings is 1. The first-order chi connectivity index (χ1) is 7.87. The van der Waals surface area contributed by atoms with E-state index in [1.807, 2.05) is 0 Å². The van der Waals surface area contributed by atoms with Gasteiger partial charge in [0.25, 0.3) is 6.54 Å². The highest BCUT2D eigenvalue weighted by Gasteiger charge is 2.37. The van der Waals surface area contributed by atoms with Crippen LogP contribution >= 0.6 is 0 Å². The maximum atomic E-state index is 12.3. The van der Waals surface area contributed by atoms with Gasteiger partial charge in [0, 0.05) is 6.04 Å². The van der Waals surface area contributed by atoms with Crippen LogP contribution in [0.25, 0.3) is 6.08 Å². The summed E-state index contributed by atoms with van der Waals surface area (Å²) >= 11 is 0. The van der Waals surface area contributed by atoms with Crippen LogP contribution < -0.4 is 5.73 Å². The van der Waals surface area contributed by atoms with Crippen molar-refractivity contribution in [3.63, 3.8) is 0 Å². The summed E-state index contributed by atoms with van der Waals surface area (Å²) in [4.78, 5) is 4.04. The molecule has 0 saturated heterocycles. The molecule has 0 aromatic carbocycles. The van der Waals surface area contributed by atoms with E-state index in [9.17, 15) is 13.2 Å². The van der Waals surface area contributed by atoms with Crippen molar-refractivity contribution in [1.82, 2.24) is 4.98 Å². The van der Waals surface area contributed by atoms with E-state index >= 15 is 0 Å². The smallest absolute Gasteiger partial charge is 0.323 e.